The van der Waals surface area contributed by atoms with Gasteiger partial charge < -0.3 is 17.1 Å². The van der Waals surface area contributed by atoms with Crippen LogP contribution >= 0.6 is 0 Å². The van der Waals surface area contributed by atoms with E-state index in [1.807, 2.05) is 32.0 Å². The molecule has 0 aromatic carbocycles. The fourth-order valence-corrected chi connectivity index (χ4v) is 2.33. The molecule has 0 radical (unpaired) electrons. The third-order valence-electron chi connectivity index (χ3n) is 4.21. The van der Waals surface area contributed by atoms with E-state index in [1.165, 1.54) is 38.5 Å². The number of carbonyl (C=O) groups is 2. The van der Waals surface area contributed by atoms with E-state index in [4.69, 9.17) is 4.74 Å². The van der Waals surface area contributed by atoms with Crippen molar-refractivity contribution in [1.29, 1.82) is 0 Å². The molecule has 1 aromatic heterocycles. The molecular weight excluding hydrogens is 378 g/mol. The van der Waals surface area contributed by atoms with Crippen LogP contribution in [0, 0.1) is 0 Å². The number of quaternary nitrogens is 1. The molecule has 0 fully saturated rings. The number of pyridine rings is 1. The summed E-state index contributed by atoms with van der Waals surface area (Å²) in [4.78, 5) is 25.8. The number of unbranched alkanes of at least 4 members (excludes halogenated alkanes) is 6. The Kier molecular flexibility index (Phi) is 19.1. The number of nitrogens with zero attached hydrogens (tertiary/aromatic N) is 2. The lowest BCUT2D eigenvalue weighted by atomic mass is 10.1. The number of nitrogens with one attached hydrogen (secondary N) is 1. The molecule has 162 valence electrons. The van der Waals surface area contributed by atoms with Crippen LogP contribution in [-0.4, -0.2) is 42.2 Å². The van der Waals surface area contributed by atoms with Crippen molar-refractivity contribution in [2.75, 3.05) is 25.6 Å². The highest BCUT2D eigenvalue weighted by atomic mass is 35.5. The molecule has 0 bridgehead atoms. The molecule has 1 unspecified atom stereocenters. The van der Waals surface area contributed by atoms with Crippen LogP contribution in [-0.2, 0) is 14.3 Å². The van der Waals surface area contributed by atoms with Gasteiger partial charge in [-0.05, 0) is 32.4 Å². The molecule has 0 aliphatic heterocycles. The highest BCUT2D eigenvalue weighted by Gasteiger charge is 2.18. The topological polar surface area (TPSA) is 68.3 Å². The van der Waals surface area contributed by atoms with Crippen LogP contribution in [0.3, 0.4) is 0 Å². The molecule has 1 heterocycles. The van der Waals surface area contributed by atoms with Crippen molar-refractivity contribution in [3.8, 4) is 0 Å². The summed E-state index contributed by atoms with van der Waals surface area (Å²) in [7, 11) is 1.79. The van der Waals surface area contributed by atoms with Crippen LogP contribution in [0.25, 0.3) is 0 Å². The Balaban J connectivity index is 0. The van der Waals surface area contributed by atoms with Crippen LogP contribution < -0.4 is 17.8 Å². The zero-order chi connectivity index (χ0) is 20.4. The number of halogens is 1. The predicted molar refractivity (Wildman–Crippen MR) is 110 cm³/mol. The lowest BCUT2D eigenvalue weighted by molar-refractivity contribution is -0.800. The van der Waals surface area contributed by atoms with Crippen LogP contribution in [0.5, 0.6) is 0 Å². The predicted octanol–water partition coefficient (Wildman–Crippen LogP) is 1.73. The lowest BCUT2D eigenvalue weighted by Crippen LogP contribution is -3.00. The first-order chi connectivity index (χ1) is 13.0. The number of rotatable bonds is 13. The van der Waals surface area contributed by atoms with Crippen LogP contribution in [0.2, 0.25) is 0 Å². The van der Waals surface area contributed by atoms with Gasteiger partial charge in [0.2, 0.25) is 0 Å². The van der Waals surface area contributed by atoms with Crippen molar-refractivity contribution in [1.82, 2.24) is 4.98 Å². The molecule has 7 heteroatoms. The summed E-state index contributed by atoms with van der Waals surface area (Å²) < 4.78 is 4.98. The molecule has 1 N–H and O–H groups in total. The van der Waals surface area contributed by atoms with E-state index >= 15 is 0 Å². The van der Waals surface area contributed by atoms with Gasteiger partial charge >= 0.3 is 12.4 Å². The van der Waals surface area contributed by atoms with E-state index in [-0.39, 0.29) is 23.0 Å². The number of hydrogen-bond donors (Lipinski definition) is 1. The first-order valence-corrected chi connectivity index (χ1v) is 10.2. The van der Waals surface area contributed by atoms with Crippen molar-refractivity contribution in [3.63, 3.8) is 0 Å². The number of aromatic nitrogens is 1. The van der Waals surface area contributed by atoms with Crippen molar-refractivity contribution in [2.45, 2.75) is 72.1 Å². The summed E-state index contributed by atoms with van der Waals surface area (Å²) in [6, 6.07) is 5.54. The number of ether oxygens (including phenoxy) is 1. The number of hydrogen-bond acceptors (Lipinski definition) is 5. The quantitative estimate of drug-likeness (QED) is 0.175. The minimum Gasteiger partial charge on any atom is -1.00 e. The second kappa shape index (κ2) is 18.7. The summed E-state index contributed by atoms with van der Waals surface area (Å²) in [5, 5.41) is 0. The fraction of sp³-hybridized carbons (Fsp3) is 0.667. The van der Waals surface area contributed by atoms with Gasteiger partial charge in [0.25, 0.3) is 0 Å². The average Bonchev–Trinajstić information content (AvgIpc) is 2.69. The van der Waals surface area contributed by atoms with Gasteiger partial charge in [0, 0.05) is 12.6 Å². The van der Waals surface area contributed by atoms with Crippen LogP contribution in [0.15, 0.2) is 24.4 Å². The Hall–Kier alpha value is -1.66. The van der Waals surface area contributed by atoms with E-state index in [1.54, 1.807) is 13.2 Å². The van der Waals surface area contributed by atoms with Crippen LogP contribution in [0.1, 0.15) is 72.1 Å². The van der Waals surface area contributed by atoms with Crippen molar-refractivity contribution >= 4 is 18.2 Å². The minimum atomic E-state index is -0.0407. The molecule has 0 aliphatic carbocycles. The Morgan fingerprint density at radius 1 is 1.11 bits per heavy atom. The lowest BCUT2D eigenvalue weighted by Gasteiger charge is -2.25. The maximum atomic E-state index is 11.0. The maximum Gasteiger partial charge on any atom is 0.325 e. The second-order valence-corrected chi connectivity index (χ2v) is 6.69. The van der Waals surface area contributed by atoms with Gasteiger partial charge in [-0.2, -0.15) is 4.59 Å². The van der Waals surface area contributed by atoms with Gasteiger partial charge in [0.05, 0.1) is 13.7 Å². The molecular formula is C21H38ClN3O3. The Morgan fingerprint density at radius 2 is 1.75 bits per heavy atom. The van der Waals surface area contributed by atoms with Crippen molar-refractivity contribution in [2.24, 2.45) is 0 Å². The molecule has 6 nitrogen and oxygen atoms in total. The average molecular weight is 416 g/mol. The third-order valence-corrected chi connectivity index (χ3v) is 4.21. The van der Waals surface area contributed by atoms with Gasteiger partial charge in [0.1, 0.15) is 6.54 Å². The number of amides is 1. The van der Waals surface area contributed by atoms with Gasteiger partial charge in [-0.25, -0.2) is 15.2 Å². The SMILES string of the molecule is CCCCCCCCCC(=O)OCC.CC[N+](C)(C=O)Nc1ccccn1.[Cl-]. The first kappa shape index (κ1) is 28.5. The molecule has 0 saturated carbocycles. The van der Waals surface area contributed by atoms with Crippen molar-refractivity contribution < 1.29 is 31.3 Å². The number of esters is 1. The highest BCUT2D eigenvalue weighted by Crippen LogP contribution is 2.08. The first-order valence-electron chi connectivity index (χ1n) is 10.2. The molecule has 1 amide bonds. The van der Waals surface area contributed by atoms with E-state index < -0.39 is 0 Å². The summed E-state index contributed by atoms with van der Waals surface area (Å²) >= 11 is 0. The third kappa shape index (κ3) is 15.4. The second-order valence-electron chi connectivity index (χ2n) is 6.69. The molecule has 0 spiro atoms. The van der Waals surface area contributed by atoms with Gasteiger partial charge in [-0.1, -0.05) is 51.5 Å². The van der Waals surface area contributed by atoms with Crippen molar-refractivity contribution in [3.05, 3.63) is 24.4 Å². The zero-order valence-corrected chi connectivity index (χ0v) is 18.7. The maximum absolute atomic E-state index is 11.0. The molecule has 28 heavy (non-hydrogen) atoms. The summed E-state index contributed by atoms with van der Waals surface area (Å²) in [5.74, 6) is 0.667. The zero-order valence-electron chi connectivity index (χ0n) is 18.0. The summed E-state index contributed by atoms with van der Waals surface area (Å²) in [5.41, 5.74) is 3.01. The Morgan fingerprint density at radius 3 is 2.25 bits per heavy atom. The highest BCUT2D eigenvalue weighted by molar-refractivity contribution is 5.69. The van der Waals surface area contributed by atoms with E-state index in [0.29, 0.717) is 25.4 Å². The van der Waals surface area contributed by atoms with Gasteiger partial charge in [0.15, 0.2) is 5.82 Å². The largest absolute Gasteiger partial charge is 1.00 e. The monoisotopic (exact) mass is 415 g/mol. The number of carbonyl (C=O) groups excluding carboxylic acids is 2. The van der Waals surface area contributed by atoms with E-state index in [2.05, 4.69) is 17.3 Å². The molecule has 1 rings (SSSR count). The van der Waals surface area contributed by atoms with E-state index in [9.17, 15) is 9.59 Å². The van der Waals surface area contributed by atoms with Gasteiger partial charge in [-0.3, -0.25) is 4.79 Å². The minimum absolute atomic E-state index is 0. The normalized spacial score (nSPS) is 11.9. The standard InChI is InChI=1S/C12H24O2.C9H14N3O.ClH/c1-3-5-6-7-8-9-10-11-12(13)14-4-2;1-3-12(2,8-13)11-9-6-4-5-7-10-9;/h3-11H2,1-2H3;4-8H,3H2,1-2H3,(H,10,11);1H/q;+1;/p-1. The van der Waals surface area contributed by atoms with E-state index in [0.717, 1.165) is 12.8 Å². The number of anilines is 1. The fourth-order valence-electron chi connectivity index (χ4n) is 2.33. The summed E-state index contributed by atoms with van der Waals surface area (Å²) in [6.07, 6.45) is 11.9. The van der Waals surface area contributed by atoms with Crippen LogP contribution in [0.4, 0.5) is 5.82 Å². The molecule has 0 saturated heterocycles. The Labute approximate surface area is 177 Å². The summed E-state index contributed by atoms with van der Waals surface area (Å²) in [6.45, 7) is 7.20. The van der Waals surface area contributed by atoms with Gasteiger partial charge in [-0.15, -0.1) is 0 Å². The smallest absolute Gasteiger partial charge is 0.325 e. The molecule has 1 aromatic rings. The molecule has 1 atom stereocenters. The molecule has 0 aliphatic rings. The Bertz CT molecular complexity index is 503.